The fourth-order valence-corrected chi connectivity index (χ4v) is 4.64. The van der Waals surface area contributed by atoms with Gasteiger partial charge < -0.3 is 20.1 Å². The molecule has 1 heterocycles. The summed E-state index contributed by atoms with van der Waals surface area (Å²) in [4.78, 5) is 24.6. The summed E-state index contributed by atoms with van der Waals surface area (Å²) < 4.78 is 12.0. The third-order valence-corrected chi connectivity index (χ3v) is 5.87. The molecule has 30 heavy (non-hydrogen) atoms. The Bertz CT molecular complexity index is 1060. The number of nitrogens with one attached hydrogen (secondary N) is 2. The van der Waals surface area contributed by atoms with E-state index in [1.165, 1.54) is 18.9 Å². The highest BCUT2D eigenvalue weighted by Gasteiger charge is 2.22. The lowest BCUT2D eigenvalue weighted by molar-refractivity contribution is -0.118. The summed E-state index contributed by atoms with van der Waals surface area (Å²) in [5, 5.41) is 6.03. The Morgan fingerprint density at radius 2 is 1.97 bits per heavy atom. The number of anilines is 1. The van der Waals surface area contributed by atoms with Crippen LogP contribution in [0.4, 0.5) is 5.69 Å². The van der Waals surface area contributed by atoms with Gasteiger partial charge in [0, 0.05) is 15.7 Å². The molecule has 0 radical (unpaired) electrons. The van der Waals surface area contributed by atoms with E-state index in [1.54, 1.807) is 36.4 Å². The van der Waals surface area contributed by atoms with Crippen LogP contribution in [0.25, 0.3) is 6.08 Å². The minimum atomic E-state index is -0.402. The van der Waals surface area contributed by atoms with Crippen molar-refractivity contribution >= 4 is 91.0 Å². The Balaban J connectivity index is 1.73. The molecular weight excluding hydrogens is 535 g/mol. The topological polar surface area (TPSA) is 76.7 Å². The first kappa shape index (κ1) is 22.9. The van der Waals surface area contributed by atoms with Crippen molar-refractivity contribution in [3.8, 4) is 11.5 Å². The maximum atomic E-state index is 12.2. The molecule has 1 aliphatic rings. The van der Waals surface area contributed by atoms with Crippen LogP contribution in [-0.4, -0.2) is 29.9 Å². The number of ether oxygens (including phenoxy) is 2. The normalized spacial score (nSPS) is 14.6. The van der Waals surface area contributed by atoms with Crippen LogP contribution < -0.4 is 20.1 Å². The van der Waals surface area contributed by atoms with Crippen molar-refractivity contribution in [3.05, 3.63) is 55.3 Å². The van der Waals surface area contributed by atoms with E-state index in [-0.39, 0.29) is 12.5 Å². The number of hydrogen-bond donors (Lipinski definition) is 2. The number of carbonyl (C=O) groups excluding carboxylic acids is 2. The molecule has 3 rings (SSSR count). The van der Waals surface area contributed by atoms with E-state index in [0.29, 0.717) is 46.5 Å². The molecule has 0 unspecified atom stereocenters. The Kier molecular flexibility index (Phi) is 7.65. The molecule has 1 aliphatic heterocycles. The molecule has 0 atom stereocenters. The lowest BCUT2D eigenvalue weighted by Gasteiger charge is -2.14. The van der Waals surface area contributed by atoms with Gasteiger partial charge in [-0.25, -0.2) is 0 Å². The quantitative estimate of drug-likeness (QED) is 0.379. The number of hydrogen-bond acceptors (Lipinski definition) is 6. The zero-order valence-electron chi connectivity index (χ0n) is 15.3. The van der Waals surface area contributed by atoms with Crippen molar-refractivity contribution in [1.82, 2.24) is 5.32 Å². The van der Waals surface area contributed by atoms with E-state index < -0.39 is 5.91 Å². The van der Waals surface area contributed by atoms with E-state index >= 15 is 0 Å². The Morgan fingerprint density at radius 1 is 1.27 bits per heavy atom. The molecule has 0 aliphatic carbocycles. The van der Waals surface area contributed by atoms with Crippen LogP contribution in [0.3, 0.4) is 0 Å². The summed E-state index contributed by atoms with van der Waals surface area (Å²) in [6.45, 7) is -0.272. The maximum Gasteiger partial charge on any atom is 0.263 e. The predicted octanol–water partition coefficient (Wildman–Crippen LogP) is 5.27. The average molecular weight is 548 g/mol. The number of carbonyl (C=O) groups is 2. The van der Waals surface area contributed by atoms with Crippen LogP contribution in [0.5, 0.6) is 11.5 Å². The van der Waals surface area contributed by atoms with Crippen molar-refractivity contribution < 1.29 is 19.1 Å². The minimum absolute atomic E-state index is 0.252. The third-order valence-electron chi connectivity index (χ3n) is 3.69. The minimum Gasteiger partial charge on any atom is -0.493 e. The Labute approximate surface area is 200 Å². The molecule has 0 saturated carbocycles. The molecule has 6 nitrogen and oxygen atoms in total. The summed E-state index contributed by atoms with van der Waals surface area (Å²) in [7, 11) is 1.48. The number of thioether (sulfide) groups is 1. The molecule has 0 bridgehead atoms. The first-order chi connectivity index (χ1) is 14.2. The Morgan fingerprint density at radius 3 is 2.57 bits per heavy atom. The second-order valence-corrected chi connectivity index (χ2v) is 9.33. The number of rotatable bonds is 6. The molecule has 0 aromatic heterocycles. The average Bonchev–Trinajstić information content (AvgIpc) is 2.96. The number of thiocarbonyl (C=S) groups is 1. The van der Waals surface area contributed by atoms with Crippen molar-refractivity contribution in [2.24, 2.45) is 0 Å². The second kappa shape index (κ2) is 10.0. The van der Waals surface area contributed by atoms with Crippen molar-refractivity contribution in [1.29, 1.82) is 0 Å². The van der Waals surface area contributed by atoms with Gasteiger partial charge in [0.25, 0.3) is 11.8 Å². The van der Waals surface area contributed by atoms with Crippen molar-refractivity contribution in [2.75, 3.05) is 19.0 Å². The fraction of sp³-hybridized carbons (Fsp3) is 0.105. The van der Waals surface area contributed by atoms with E-state index in [9.17, 15) is 9.59 Å². The standard InChI is InChI=1S/C19H13BrCl2N2O4S2/c1-27-14-3-9(4-15-18(26)24-19(29)30-15)2-13(20)17(14)28-8-16(25)23-12-6-10(21)5-11(22)7-12/h2-7H,8H2,1H3,(H,23,25)(H,24,26,29)/b15-4-. The first-order valence-electron chi connectivity index (χ1n) is 8.26. The van der Waals surface area contributed by atoms with Crippen LogP contribution in [0.15, 0.2) is 39.7 Å². The van der Waals surface area contributed by atoms with Crippen molar-refractivity contribution in [3.63, 3.8) is 0 Å². The van der Waals surface area contributed by atoms with E-state index in [2.05, 4.69) is 26.6 Å². The van der Waals surface area contributed by atoms with E-state index in [4.69, 9.17) is 44.9 Å². The van der Waals surface area contributed by atoms with Gasteiger partial charge in [0.05, 0.1) is 16.5 Å². The summed E-state index contributed by atoms with van der Waals surface area (Å²) in [6.07, 6.45) is 1.69. The molecule has 2 aromatic carbocycles. The third kappa shape index (κ3) is 5.89. The molecule has 2 aromatic rings. The van der Waals surface area contributed by atoms with Gasteiger partial charge in [-0.05, 0) is 57.9 Å². The number of amides is 2. The molecule has 2 amide bonds. The van der Waals surface area contributed by atoms with E-state index in [1.807, 2.05) is 0 Å². The molecular formula is C19H13BrCl2N2O4S2. The maximum absolute atomic E-state index is 12.2. The lowest BCUT2D eigenvalue weighted by Crippen LogP contribution is -2.20. The van der Waals surface area contributed by atoms with Crippen LogP contribution in [0, 0.1) is 0 Å². The molecule has 156 valence electrons. The van der Waals surface area contributed by atoms with Gasteiger partial charge in [-0.1, -0.05) is 47.2 Å². The molecule has 0 spiro atoms. The monoisotopic (exact) mass is 546 g/mol. The van der Waals surface area contributed by atoms with Crippen LogP contribution in [-0.2, 0) is 9.59 Å². The summed E-state index contributed by atoms with van der Waals surface area (Å²) in [5.41, 5.74) is 1.16. The highest BCUT2D eigenvalue weighted by molar-refractivity contribution is 9.10. The van der Waals surface area contributed by atoms with Gasteiger partial charge in [-0.3, -0.25) is 9.59 Å². The highest BCUT2D eigenvalue weighted by Crippen LogP contribution is 2.38. The lowest BCUT2D eigenvalue weighted by atomic mass is 10.2. The second-order valence-electron chi connectivity index (χ2n) is 5.88. The SMILES string of the molecule is COc1cc(/C=C2\SC(=S)NC2=O)cc(Br)c1OCC(=O)Nc1cc(Cl)cc(Cl)c1. The smallest absolute Gasteiger partial charge is 0.263 e. The largest absolute Gasteiger partial charge is 0.493 e. The summed E-state index contributed by atoms with van der Waals surface area (Å²) >= 11 is 21.5. The van der Waals surface area contributed by atoms with Crippen LogP contribution in [0.1, 0.15) is 5.56 Å². The summed E-state index contributed by atoms with van der Waals surface area (Å²) in [5.74, 6) is 0.0815. The molecule has 1 fully saturated rings. The zero-order valence-corrected chi connectivity index (χ0v) is 20.0. The number of halogens is 3. The highest BCUT2D eigenvalue weighted by atomic mass is 79.9. The van der Waals surface area contributed by atoms with Gasteiger partial charge in [-0.2, -0.15) is 0 Å². The number of benzene rings is 2. The van der Waals surface area contributed by atoms with Gasteiger partial charge >= 0.3 is 0 Å². The zero-order chi connectivity index (χ0) is 21.8. The summed E-state index contributed by atoms with van der Waals surface area (Å²) in [6, 6.07) is 8.15. The van der Waals surface area contributed by atoms with Gasteiger partial charge in [-0.15, -0.1) is 0 Å². The molecule has 2 N–H and O–H groups in total. The fourth-order valence-electron chi connectivity index (χ4n) is 2.50. The van der Waals surface area contributed by atoms with Gasteiger partial charge in [0.15, 0.2) is 18.1 Å². The van der Waals surface area contributed by atoms with Gasteiger partial charge in [0.2, 0.25) is 0 Å². The van der Waals surface area contributed by atoms with Crippen molar-refractivity contribution in [2.45, 2.75) is 0 Å². The van der Waals surface area contributed by atoms with Crippen LogP contribution >= 0.6 is 63.1 Å². The molecule has 11 heteroatoms. The predicted molar refractivity (Wildman–Crippen MR) is 128 cm³/mol. The van der Waals surface area contributed by atoms with Crippen LogP contribution in [0.2, 0.25) is 10.0 Å². The first-order valence-corrected chi connectivity index (χ1v) is 11.0. The Hall–Kier alpha value is -1.78. The molecule has 1 saturated heterocycles. The van der Waals surface area contributed by atoms with Gasteiger partial charge in [0.1, 0.15) is 4.32 Å². The van der Waals surface area contributed by atoms with E-state index in [0.717, 1.165) is 0 Å². The number of methoxy groups -OCH3 is 1.